The maximum Gasteiger partial charge on any atom is 0.414 e. The molecule has 5 rings (SSSR count). The summed E-state index contributed by atoms with van der Waals surface area (Å²) in [6.45, 7) is 0.792. The van der Waals surface area contributed by atoms with Crippen molar-refractivity contribution in [3.63, 3.8) is 0 Å². The molecule has 3 aliphatic rings. The summed E-state index contributed by atoms with van der Waals surface area (Å²) in [5, 5.41) is 4.03. The molecule has 27 heavy (non-hydrogen) atoms. The van der Waals surface area contributed by atoms with Gasteiger partial charge in [-0.25, -0.2) is 18.9 Å². The highest BCUT2D eigenvalue weighted by Gasteiger charge is 2.39. The van der Waals surface area contributed by atoms with Crippen LogP contribution in [0.25, 0.3) is 0 Å². The number of anilines is 2. The van der Waals surface area contributed by atoms with Gasteiger partial charge in [-0.1, -0.05) is 0 Å². The fourth-order valence-electron chi connectivity index (χ4n) is 4.26. The Labute approximate surface area is 160 Å². The van der Waals surface area contributed by atoms with Crippen molar-refractivity contribution < 1.29 is 13.9 Å². The van der Waals surface area contributed by atoms with Crippen LogP contribution in [0.4, 0.5) is 20.6 Å². The molecule has 0 saturated carbocycles. The lowest BCUT2D eigenvalue weighted by atomic mass is 10.2. The van der Waals surface area contributed by atoms with Crippen LogP contribution >= 0.6 is 11.8 Å². The molecule has 0 radical (unpaired) electrons. The number of hydrogen-bond acceptors (Lipinski definition) is 6. The lowest BCUT2D eigenvalue weighted by molar-refractivity contribution is 0.129. The first-order chi connectivity index (χ1) is 13.2. The van der Waals surface area contributed by atoms with Gasteiger partial charge in [0.1, 0.15) is 24.6 Å². The molecule has 142 valence electrons. The largest absolute Gasteiger partial charge is 0.442 e. The van der Waals surface area contributed by atoms with Crippen LogP contribution in [-0.2, 0) is 11.3 Å². The minimum Gasteiger partial charge on any atom is -0.442 e. The topological polar surface area (TPSA) is 63.5 Å². The minimum atomic E-state index is -0.457. The van der Waals surface area contributed by atoms with Crippen LogP contribution in [-0.4, -0.2) is 57.1 Å². The maximum atomic E-state index is 14.9. The van der Waals surface area contributed by atoms with Crippen molar-refractivity contribution in [3.05, 3.63) is 36.7 Å². The molecule has 1 aromatic heterocycles. The van der Waals surface area contributed by atoms with Gasteiger partial charge in [0.15, 0.2) is 0 Å². The molecule has 9 heteroatoms. The van der Waals surface area contributed by atoms with Gasteiger partial charge < -0.3 is 9.64 Å². The summed E-state index contributed by atoms with van der Waals surface area (Å²) in [6.07, 6.45) is 4.48. The second-order valence-corrected chi connectivity index (χ2v) is 8.27. The number of hydrogen-bond donors (Lipinski definition) is 0. The fourth-order valence-corrected chi connectivity index (χ4v) is 5.59. The smallest absolute Gasteiger partial charge is 0.414 e. The normalized spacial score (nSPS) is 27.3. The van der Waals surface area contributed by atoms with Crippen LogP contribution < -0.4 is 9.80 Å². The van der Waals surface area contributed by atoms with Gasteiger partial charge in [-0.3, -0.25) is 4.90 Å². The molecule has 0 aliphatic carbocycles. The quantitative estimate of drug-likeness (QED) is 0.801. The van der Waals surface area contributed by atoms with E-state index in [4.69, 9.17) is 4.74 Å². The summed E-state index contributed by atoms with van der Waals surface area (Å²) < 4.78 is 22.0. The standard InChI is InChI=1S/C18H20FN5O2S/c19-16-5-12(3-4-17(16)24-13-1-2-14(24)9-27-8-13)23-7-15(26-18(23)25)6-22-11-20-10-21-22/h3-5,10-11,13-15H,1-2,6-9H2/t13-,14+,15?. The molecule has 0 spiro atoms. The fraction of sp³-hybridized carbons (Fsp3) is 0.500. The van der Waals surface area contributed by atoms with Crippen LogP contribution in [0.15, 0.2) is 30.9 Å². The second kappa shape index (κ2) is 6.70. The molecule has 3 fully saturated rings. The first-order valence-electron chi connectivity index (χ1n) is 9.15. The van der Waals surface area contributed by atoms with Crippen molar-refractivity contribution in [1.82, 2.24) is 14.8 Å². The van der Waals surface area contributed by atoms with Gasteiger partial charge in [-0.2, -0.15) is 16.9 Å². The first-order valence-corrected chi connectivity index (χ1v) is 10.3. The number of carbonyl (C=O) groups is 1. The molecule has 2 aromatic rings. The van der Waals surface area contributed by atoms with Crippen LogP contribution in [0.1, 0.15) is 12.8 Å². The third-order valence-electron chi connectivity index (χ3n) is 5.49. The third kappa shape index (κ3) is 3.03. The number of fused-ring (bicyclic) bond motifs is 2. The van der Waals surface area contributed by atoms with Crippen LogP contribution in [0.5, 0.6) is 0 Å². The second-order valence-electron chi connectivity index (χ2n) is 7.20. The molecule has 7 nitrogen and oxygen atoms in total. The van der Waals surface area contributed by atoms with Gasteiger partial charge >= 0.3 is 6.09 Å². The molecule has 1 amide bonds. The number of amides is 1. The Balaban J connectivity index is 1.34. The predicted octanol–water partition coefficient (Wildman–Crippen LogP) is 2.53. The molecule has 3 saturated heterocycles. The van der Waals surface area contributed by atoms with Crippen molar-refractivity contribution in [2.24, 2.45) is 0 Å². The Morgan fingerprint density at radius 1 is 1.26 bits per heavy atom. The van der Waals surface area contributed by atoms with Crippen LogP contribution in [0.3, 0.4) is 0 Å². The molecule has 3 aliphatic heterocycles. The van der Waals surface area contributed by atoms with Crippen molar-refractivity contribution in [2.45, 2.75) is 37.6 Å². The average Bonchev–Trinajstić information content (AvgIpc) is 3.34. The Bertz CT molecular complexity index is 832. The maximum absolute atomic E-state index is 14.9. The van der Waals surface area contributed by atoms with Gasteiger partial charge in [0.25, 0.3) is 0 Å². The van der Waals surface area contributed by atoms with E-state index in [1.54, 1.807) is 11.0 Å². The summed E-state index contributed by atoms with van der Waals surface area (Å²) in [7, 11) is 0. The van der Waals surface area contributed by atoms with Gasteiger partial charge in [0, 0.05) is 23.6 Å². The van der Waals surface area contributed by atoms with E-state index in [1.807, 2.05) is 23.9 Å². The van der Waals surface area contributed by atoms with Gasteiger partial charge in [0.05, 0.1) is 24.5 Å². The number of aromatic nitrogens is 3. The van der Waals surface area contributed by atoms with Crippen LogP contribution in [0, 0.1) is 5.82 Å². The highest BCUT2D eigenvalue weighted by atomic mass is 32.2. The summed E-state index contributed by atoms with van der Waals surface area (Å²) >= 11 is 1.96. The van der Waals surface area contributed by atoms with E-state index in [9.17, 15) is 9.18 Å². The number of nitrogens with zero attached hydrogens (tertiary/aromatic N) is 5. The zero-order valence-corrected chi connectivity index (χ0v) is 15.5. The Morgan fingerprint density at radius 3 is 2.78 bits per heavy atom. The first kappa shape index (κ1) is 16.9. The van der Waals surface area contributed by atoms with E-state index >= 15 is 0 Å². The van der Waals surface area contributed by atoms with E-state index in [2.05, 4.69) is 15.0 Å². The van der Waals surface area contributed by atoms with Gasteiger partial charge in [-0.05, 0) is 31.0 Å². The van der Waals surface area contributed by atoms with Crippen molar-refractivity contribution in [2.75, 3.05) is 27.9 Å². The van der Waals surface area contributed by atoms with Crippen LogP contribution in [0.2, 0.25) is 0 Å². The average molecular weight is 389 g/mol. The third-order valence-corrected chi connectivity index (χ3v) is 6.73. The van der Waals surface area contributed by atoms with Crippen molar-refractivity contribution in [1.29, 1.82) is 0 Å². The SMILES string of the molecule is O=C1OC(Cn2cncn2)CN1c1ccc(N2[C@@H]3CC[C@H]2CSC3)c(F)c1. The van der Waals surface area contributed by atoms with Gasteiger partial charge in [0.2, 0.25) is 0 Å². The van der Waals surface area contributed by atoms with Gasteiger partial charge in [-0.15, -0.1) is 0 Å². The number of ether oxygens (including phenoxy) is 1. The molecule has 3 atom stereocenters. The summed E-state index contributed by atoms with van der Waals surface area (Å²) in [5.74, 6) is 1.84. The molecule has 1 unspecified atom stereocenters. The van der Waals surface area contributed by atoms with E-state index in [-0.39, 0.29) is 11.9 Å². The monoisotopic (exact) mass is 389 g/mol. The number of rotatable bonds is 4. The lowest BCUT2D eigenvalue weighted by Gasteiger charge is -2.36. The van der Waals surface area contributed by atoms with Crippen molar-refractivity contribution >= 4 is 29.2 Å². The summed E-state index contributed by atoms with van der Waals surface area (Å²) in [4.78, 5) is 19.9. The Kier molecular flexibility index (Phi) is 4.18. The zero-order chi connectivity index (χ0) is 18.4. The van der Waals surface area contributed by atoms with E-state index in [0.29, 0.717) is 36.5 Å². The Morgan fingerprint density at radius 2 is 2.07 bits per heavy atom. The molecule has 0 N–H and O–H groups in total. The number of benzene rings is 1. The highest BCUT2D eigenvalue weighted by molar-refractivity contribution is 7.99. The number of thioether (sulfide) groups is 1. The zero-order valence-electron chi connectivity index (χ0n) is 14.7. The predicted molar refractivity (Wildman–Crippen MR) is 101 cm³/mol. The minimum absolute atomic E-state index is 0.274. The van der Waals surface area contributed by atoms with E-state index in [0.717, 1.165) is 24.3 Å². The van der Waals surface area contributed by atoms with E-state index < -0.39 is 6.09 Å². The lowest BCUT2D eigenvalue weighted by Crippen LogP contribution is -2.43. The van der Waals surface area contributed by atoms with E-state index in [1.165, 1.54) is 17.3 Å². The molecule has 4 heterocycles. The molecular formula is C18H20FN5O2S. The summed E-state index contributed by atoms with van der Waals surface area (Å²) in [6, 6.07) is 5.91. The highest BCUT2D eigenvalue weighted by Crippen LogP contribution is 2.40. The number of cyclic esters (lactones) is 1. The number of halogens is 1. The summed E-state index contributed by atoms with van der Waals surface area (Å²) in [5.41, 5.74) is 1.18. The molecular weight excluding hydrogens is 369 g/mol. The van der Waals surface area contributed by atoms with Crippen molar-refractivity contribution in [3.8, 4) is 0 Å². The number of carbonyl (C=O) groups excluding carboxylic acids is 1. The molecule has 1 aromatic carbocycles. The Hall–Kier alpha value is -2.29. The molecule has 2 bridgehead atoms.